The van der Waals surface area contributed by atoms with Gasteiger partial charge in [0.25, 0.3) is 0 Å². The Balaban J connectivity index is 1.28. The van der Waals surface area contributed by atoms with E-state index in [9.17, 15) is 9.59 Å². The summed E-state index contributed by atoms with van der Waals surface area (Å²) in [4.78, 5) is 25.3. The molecule has 0 aromatic heterocycles. The van der Waals surface area contributed by atoms with Crippen molar-refractivity contribution in [3.05, 3.63) is 95.6 Å². The van der Waals surface area contributed by atoms with Crippen molar-refractivity contribution in [3.8, 4) is 0 Å². The van der Waals surface area contributed by atoms with Gasteiger partial charge in [0.05, 0.1) is 12.2 Å². The topological polar surface area (TPSA) is 74.4 Å². The molecule has 0 spiro atoms. The van der Waals surface area contributed by atoms with Crippen LogP contribution in [0.5, 0.6) is 0 Å². The molecule has 2 heterocycles. The number of carbonyl (C=O) groups is 2. The predicted octanol–water partition coefficient (Wildman–Crippen LogP) is 5.24. The molecule has 0 saturated carbocycles. The lowest BCUT2D eigenvalue weighted by atomic mass is 9.84. The van der Waals surface area contributed by atoms with Crippen LogP contribution in [0.15, 0.2) is 84.5 Å². The molecule has 0 bridgehead atoms. The van der Waals surface area contributed by atoms with Crippen molar-refractivity contribution in [1.29, 1.82) is 0 Å². The average Bonchev–Trinajstić information content (AvgIpc) is 3.49. The Morgan fingerprint density at radius 1 is 1.11 bits per heavy atom. The SMILES string of the molecule is C=C1C(=O)O[C@@H]2[C@H]3O[C@]3(C)CC/C=C(/COC(C(=O)OCc3ccccc3)c3ccccc3)CC[C@@H]12. The van der Waals surface area contributed by atoms with E-state index in [0.717, 1.165) is 42.4 Å². The summed E-state index contributed by atoms with van der Waals surface area (Å²) in [7, 11) is 0. The Morgan fingerprint density at radius 3 is 2.58 bits per heavy atom. The first-order valence-electron chi connectivity index (χ1n) is 12.6. The van der Waals surface area contributed by atoms with Gasteiger partial charge in [-0.05, 0) is 49.3 Å². The molecule has 6 nitrogen and oxygen atoms in total. The number of carbonyl (C=O) groups excluding carboxylic acids is 2. The van der Waals surface area contributed by atoms with Crippen LogP contribution in [0, 0.1) is 5.92 Å². The van der Waals surface area contributed by atoms with E-state index in [1.54, 1.807) is 0 Å². The van der Waals surface area contributed by atoms with Crippen LogP contribution < -0.4 is 0 Å². The van der Waals surface area contributed by atoms with Crippen molar-refractivity contribution in [1.82, 2.24) is 0 Å². The summed E-state index contributed by atoms with van der Waals surface area (Å²) in [6.07, 6.45) is 4.10. The van der Waals surface area contributed by atoms with Crippen LogP contribution in [-0.4, -0.2) is 36.4 Å². The highest BCUT2D eigenvalue weighted by molar-refractivity contribution is 5.91. The summed E-state index contributed by atoms with van der Waals surface area (Å²) in [5, 5.41) is 0. The third-order valence-corrected chi connectivity index (χ3v) is 7.41. The van der Waals surface area contributed by atoms with Gasteiger partial charge in [-0.2, -0.15) is 0 Å². The first kappa shape index (κ1) is 24.5. The van der Waals surface area contributed by atoms with Crippen LogP contribution in [0.1, 0.15) is 49.8 Å². The van der Waals surface area contributed by atoms with Crippen molar-refractivity contribution in [2.75, 3.05) is 6.61 Å². The molecular weight excluding hydrogens is 456 g/mol. The molecule has 2 fully saturated rings. The highest BCUT2D eigenvalue weighted by Gasteiger charge is 2.61. The summed E-state index contributed by atoms with van der Waals surface area (Å²) in [6.45, 7) is 6.54. The molecule has 188 valence electrons. The highest BCUT2D eigenvalue weighted by atomic mass is 16.6. The number of epoxide rings is 1. The van der Waals surface area contributed by atoms with Gasteiger partial charge in [-0.15, -0.1) is 0 Å². The molecule has 2 aromatic rings. The first-order valence-corrected chi connectivity index (χ1v) is 12.6. The molecule has 2 saturated heterocycles. The lowest BCUT2D eigenvalue weighted by Crippen LogP contribution is -2.29. The molecule has 1 aliphatic carbocycles. The predicted molar refractivity (Wildman–Crippen MR) is 134 cm³/mol. The van der Waals surface area contributed by atoms with Crippen molar-refractivity contribution >= 4 is 11.9 Å². The quantitative estimate of drug-likeness (QED) is 0.230. The van der Waals surface area contributed by atoms with Gasteiger partial charge in [0.2, 0.25) is 0 Å². The Labute approximate surface area is 211 Å². The van der Waals surface area contributed by atoms with Gasteiger partial charge >= 0.3 is 11.9 Å². The number of rotatable bonds is 7. The zero-order chi connectivity index (χ0) is 25.1. The third-order valence-electron chi connectivity index (χ3n) is 7.41. The summed E-state index contributed by atoms with van der Waals surface area (Å²) >= 11 is 0. The van der Waals surface area contributed by atoms with Crippen LogP contribution in [0.2, 0.25) is 0 Å². The molecule has 0 N–H and O–H groups in total. The van der Waals surface area contributed by atoms with Gasteiger partial charge in [0, 0.05) is 11.5 Å². The molecule has 1 unspecified atom stereocenters. The lowest BCUT2D eigenvalue weighted by Gasteiger charge is -2.22. The number of benzene rings is 2. The number of allylic oxidation sites excluding steroid dienone is 1. The molecule has 2 aliphatic heterocycles. The van der Waals surface area contributed by atoms with E-state index in [-0.39, 0.29) is 36.3 Å². The maximum Gasteiger partial charge on any atom is 0.340 e. The summed E-state index contributed by atoms with van der Waals surface area (Å²) in [6, 6.07) is 19.0. The van der Waals surface area contributed by atoms with E-state index in [1.807, 2.05) is 60.7 Å². The Kier molecular flexibility index (Phi) is 7.08. The molecule has 0 radical (unpaired) electrons. The highest BCUT2D eigenvalue weighted by Crippen LogP contribution is 2.49. The summed E-state index contributed by atoms with van der Waals surface area (Å²) in [5.74, 6) is -0.823. The Morgan fingerprint density at radius 2 is 1.83 bits per heavy atom. The van der Waals surface area contributed by atoms with E-state index in [1.165, 1.54) is 0 Å². The Hall–Kier alpha value is -3.22. The largest absolute Gasteiger partial charge is 0.459 e. The minimum absolute atomic E-state index is 0.0706. The van der Waals surface area contributed by atoms with E-state index in [0.29, 0.717) is 12.2 Å². The van der Waals surface area contributed by atoms with Crippen molar-refractivity contribution in [2.45, 2.75) is 63.1 Å². The van der Waals surface area contributed by atoms with Gasteiger partial charge in [-0.25, -0.2) is 9.59 Å². The second kappa shape index (κ2) is 10.4. The summed E-state index contributed by atoms with van der Waals surface area (Å²) < 4.78 is 23.5. The van der Waals surface area contributed by atoms with E-state index >= 15 is 0 Å². The molecule has 3 aliphatic rings. The van der Waals surface area contributed by atoms with E-state index < -0.39 is 12.1 Å². The molecule has 5 atom stereocenters. The van der Waals surface area contributed by atoms with Crippen LogP contribution in [-0.2, 0) is 35.1 Å². The van der Waals surface area contributed by atoms with Crippen LogP contribution >= 0.6 is 0 Å². The fraction of sp³-hybridized carbons (Fsp3) is 0.400. The summed E-state index contributed by atoms with van der Waals surface area (Å²) in [5.41, 5.74) is 2.98. The maximum atomic E-state index is 13.1. The van der Waals surface area contributed by atoms with Gasteiger partial charge < -0.3 is 18.9 Å². The third kappa shape index (κ3) is 5.30. The lowest BCUT2D eigenvalue weighted by molar-refractivity contribution is -0.158. The van der Waals surface area contributed by atoms with Gasteiger partial charge in [-0.3, -0.25) is 0 Å². The normalized spacial score (nSPS) is 29.7. The number of esters is 2. The standard InChI is InChI=1S/C30H32O6/c1-20-24-16-15-22(12-9-17-30(2)27(36-30)26(24)35-28(20)31)18-33-25(23-13-7-4-8-14-23)29(32)34-19-21-10-5-3-6-11-21/h3-8,10-14,24-27H,1,9,15-19H2,2H3/b22-12+/t24-,25?,26-,27+,30+/m0/s1. The monoisotopic (exact) mass is 488 g/mol. The maximum absolute atomic E-state index is 13.1. The van der Waals surface area contributed by atoms with Crippen molar-refractivity contribution in [2.24, 2.45) is 5.92 Å². The average molecular weight is 489 g/mol. The van der Waals surface area contributed by atoms with E-state index in [4.69, 9.17) is 18.9 Å². The first-order chi connectivity index (χ1) is 17.4. The second-order valence-electron chi connectivity index (χ2n) is 9.99. The number of fused-ring (bicyclic) bond motifs is 3. The van der Waals surface area contributed by atoms with E-state index in [2.05, 4.69) is 19.6 Å². The van der Waals surface area contributed by atoms with Crippen LogP contribution in [0.4, 0.5) is 0 Å². The number of ether oxygens (including phenoxy) is 4. The second-order valence-corrected chi connectivity index (χ2v) is 9.99. The van der Waals surface area contributed by atoms with Crippen LogP contribution in [0.3, 0.4) is 0 Å². The van der Waals surface area contributed by atoms with Crippen LogP contribution in [0.25, 0.3) is 0 Å². The zero-order valence-electron chi connectivity index (χ0n) is 20.6. The van der Waals surface area contributed by atoms with Gasteiger partial charge in [0.1, 0.15) is 18.8 Å². The molecule has 0 amide bonds. The molecular formula is C30H32O6. The molecule has 36 heavy (non-hydrogen) atoms. The molecule has 6 heteroatoms. The fourth-order valence-electron chi connectivity index (χ4n) is 5.17. The molecule has 2 aromatic carbocycles. The fourth-order valence-corrected chi connectivity index (χ4v) is 5.17. The zero-order valence-corrected chi connectivity index (χ0v) is 20.6. The number of hydrogen-bond donors (Lipinski definition) is 0. The minimum Gasteiger partial charge on any atom is -0.459 e. The minimum atomic E-state index is -0.834. The number of hydrogen-bond acceptors (Lipinski definition) is 6. The van der Waals surface area contributed by atoms with Crippen molar-refractivity contribution < 1.29 is 28.5 Å². The smallest absolute Gasteiger partial charge is 0.340 e. The van der Waals surface area contributed by atoms with Gasteiger partial charge in [0.15, 0.2) is 6.10 Å². The van der Waals surface area contributed by atoms with Crippen molar-refractivity contribution in [3.63, 3.8) is 0 Å². The molecule has 5 rings (SSSR count). The Bertz CT molecular complexity index is 1140. The van der Waals surface area contributed by atoms with Gasteiger partial charge in [-0.1, -0.05) is 73.3 Å².